The number of hydrogen-bond donors (Lipinski definition) is 4. The second kappa shape index (κ2) is 9.56. The number of rotatable bonds is 6. The fourth-order valence-corrected chi connectivity index (χ4v) is 4.95. The van der Waals surface area contributed by atoms with Crippen molar-refractivity contribution in [1.29, 1.82) is 0 Å². The van der Waals surface area contributed by atoms with E-state index in [4.69, 9.17) is 16.3 Å². The molecule has 1 aliphatic carbocycles. The van der Waals surface area contributed by atoms with E-state index < -0.39 is 10.0 Å². The van der Waals surface area contributed by atoms with Gasteiger partial charge in [0.25, 0.3) is 0 Å². The van der Waals surface area contributed by atoms with Crippen LogP contribution in [0.1, 0.15) is 31.2 Å². The Bertz CT molecular complexity index is 1040. The van der Waals surface area contributed by atoms with E-state index in [-0.39, 0.29) is 12.1 Å². The van der Waals surface area contributed by atoms with Crippen LogP contribution in [0.5, 0.6) is 5.75 Å². The monoisotopic (exact) mass is 466 g/mol. The maximum Gasteiger partial charge on any atom is 0.229 e. The maximum atomic E-state index is 11.7. The lowest BCUT2D eigenvalue weighted by molar-refractivity contribution is 0.295. The standard InChI is InChI=1S/C20H27ClN6O3S/c1-31(28,29)27-17-5-3-2-4-16(17)25-19-15(21)11-23-20(26-19)24-14-6-7-18-13(10-14)8-9-22-12-30-18/h6-7,10-11,16-17,22,27H,2-5,8-9,12H2,1H3,(H2,23,24,25,26)/t16-,17-/m1/s1. The topological polar surface area (TPSA) is 117 Å². The average molecular weight is 467 g/mol. The van der Waals surface area contributed by atoms with E-state index in [9.17, 15) is 8.42 Å². The number of halogens is 1. The highest BCUT2D eigenvalue weighted by Crippen LogP contribution is 2.29. The van der Waals surface area contributed by atoms with Crippen molar-refractivity contribution in [3.63, 3.8) is 0 Å². The number of hydrogen-bond acceptors (Lipinski definition) is 8. The number of sulfonamides is 1. The first-order valence-electron chi connectivity index (χ1n) is 10.4. The summed E-state index contributed by atoms with van der Waals surface area (Å²) in [6.45, 7) is 1.36. The van der Waals surface area contributed by atoms with E-state index in [0.717, 1.165) is 55.6 Å². The average Bonchev–Trinajstić information content (AvgIpc) is 2.96. The van der Waals surface area contributed by atoms with Crippen molar-refractivity contribution >= 4 is 39.1 Å². The normalized spacial score (nSPS) is 21.5. The largest absolute Gasteiger partial charge is 0.478 e. The molecule has 31 heavy (non-hydrogen) atoms. The lowest BCUT2D eigenvalue weighted by Gasteiger charge is -2.32. The number of anilines is 3. The van der Waals surface area contributed by atoms with Crippen LogP contribution in [-0.4, -0.2) is 50.0 Å². The van der Waals surface area contributed by atoms with E-state index in [1.807, 2.05) is 18.2 Å². The van der Waals surface area contributed by atoms with Gasteiger partial charge in [-0.3, -0.25) is 5.32 Å². The summed E-state index contributed by atoms with van der Waals surface area (Å²) in [7, 11) is -3.30. The Morgan fingerprint density at radius 2 is 2.03 bits per heavy atom. The number of benzene rings is 1. The van der Waals surface area contributed by atoms with Gasteiger partial charge in [-0.15, -0.1) is 0 Å². The molecule has 0 saturated heterocycles. The van der Waals surface area contributed by atoms with E-state index in [0.29, 0.717) is 23.5 Å². The molecule has 0 unspecified atom stereocenters. The Hall–Kier alpha value is -2.14. The van der Waals surface area contributed by atoms with Crippen LogP contribution < -0.4 is 25.4 Å². The molecular weight excluding hydrogens is 440 g/mol. The summed E-state index contributed by atoms with van der Waals surface area (Å²) in [5, 5.41) is 10.1. The van der Waals surface area contributed by atoms with Crippen LogP contribution in [0.25, 0.3) is 0 Å². The van der Waals surface area contributed by atoms with Gasteiger partial charge in [0.15, 0.2) is 5.82 Å². The smallest absolute Gasteiger partial charge is 0.229 e. The van der Waals surface area contributed by atoms with E-state index in [1.54, 1.807) is 0 Å². The molecule has 4 N–H and O–H groups in total. The molecule has 2 heterocycles. The molecule has 1 aliphatic heterocycles. The van der Waals surface area contributed by atoms with Crippen molar-refractivity contribution in [3.8, 4) is 5.75 Å². The third-order valence-electron chi connectivity index (χ3n) is 5.42. The first kappa shape index (κ1) is 22.1. The molecule has 2 aliphatic rings. The van der Waals surface area contributed by atoms with Crippen LogP contribution in [0.15, 0.2) is 24.4 Å². The number of nitrogens with zero attached hydrogens (tertiary/aromatic N) is 2. The van der Waals surface area contributed by atoms with E-state index in [2.05, 4.69) is 30.6 Å². The number of nitrogens with one attached hydrogen (secondary N) is 4. The van der Waals surface area contributed by atoms with E-state index in [1.165, 1.54) is 12.5 Å². The molecule has 1 aromatic carbocycles. The van der Waals surface area contributed by atoms with Gasteiger partial charge in [-0.2, -0.15) is 4.98 Å². The van der Waals surface area contributed by atoms with Crippen LogP contribution in [-0.2, 0) is 16.4 Å². The van der Waals surface area contributed by atoms with Crippen molar-refractivity contribution in [2.45, 2.75) is 44.2 Å². The fourth-order valence-electron chi connectivity index (χ4n) is 3.97. The molecule has 0 radical (unpaired) electrons. The Morgan fingerprint density at radius 1 is 1.23 bits per heavy atom. The quantitative estimate of drug-likeness (QED) is 0.513. The summed E-state index contributed by atoms with van der Waals surface area (Å²) in [6.07, 6.45) is 7.18. The minimum Gasteiger partial charge on any atom is -0.478 e. The van der Waals surface area contributed by atoms with Crippen LogP contribution in [0.3, 0.4) is 0 Å². The van der Waals surface area contributed by atoms with Gasteiger partial charge in [0.2, 0.25) is 16.0 Å². The number of ether oxygens (including phenoxy) is 1. The van der Waals surface area contributed by atoms with Gasteiger partial charge in [0, 0.05) is 24.3 Å². The van der Waals surface area contributed by atoms with Crippen molar-refractivity contribution in [1.82, 2.24) is 20.0 Å². The molecule has 168 valence electrons. The highest BCUT2D eigenvalue weighted by molar-refractivity contribution is 7.88. The molecule has 2 atom stereocenters. The van der Waals surface area contributed by atoms with Gasteiger partial charge in [0.05, 0.1) is 12.5 Å². The highest BCUT2D eigenvalue weighted by atomic mass is 35.5. The van der Waals surface area contributed by atoms with Gasteiger partial charge in [0.1, 0.15) is 17.5 Å². The molecule has 1 saturated carbocycles. The maximum absolute atomic E-state index is 11.7. The van der Waals surface area contributed by atoms with Gasteiger partial charge in [-0.1, -0.05) is 24.4 Å². The van der Waals surface area contributed by atoms with Gasteiger partial charge < -0.3 is 15.4 Å². The lowest BCUT2D eigenvalue weighted by atomic mass is 9.91. The highest BCUT2D eigenvalue weighted by Gasteiger charge is 2.28. The third-order valence-corrected chi connectivity index (χ3v) is 6.42. The Kier molecular flexibility index (Phi) is 6.80. The molecule has 1 aromatic heterocycles. The minimum absolute atomic E-state index is 0.0964. The molecular formula is C20H27ClN6O3S. The molecule has 2 aromatic rings. The summed E-state index contributed by atoms with van der Waals surface area (Å²) >= 11 is 6.33. The zero-order chi connectivity index (χ0) is 21.8. The summed E-state index contributed by atoms with van der Waals surface area (Å²) in [6, 6.07) is 5.58. The molecule has 0 spiro atoms. The molecule has 9 nitrogen and oxygen atoms in total. The number of aromatic nitrogens is 2. The van der Waals surface area contributed by atoms with Gasteiger partial charge in [-0.05, 0) is 43.0 Å². The summed E-state index contributed by atoms with van der Waals surface area (Å²) in [5.41, 5.74) is 1.96. The van der Waals surface area contributed by atoms with Crippen molar-refractivity contribution in [3.05, 3.63) is 35.0 Å². The molecule has 1 fully saturated rings. The lowest BCUT2D eigenvalue weighted by Crippen LogP contribution is -2.48. The predicted molar refractivity (Wildman–Crippen MR) is 122 cm³/mol. The summed E-state index contributed by atoms with van der Waals surface area (Å²) < 4.78 is 31.9. The van der Waals surface area contributed by atoms with Crippen molar-refractivity contribution in [2.24, 2.45) is 0 Å². The third kappa shape index (κ3) is 5.97. The second-order valence-corrected chi connectivity index (χ2v) is 10.1. The van der Waals surface area contributed by atoms with E-state index >= 15 is 0 Å². The second-order valence-electron chi connectivity index (χ2n) is 7.91. The van der Waals surface area contributed by atoms with Crippen LogP contribution in [0.2, 0.25) is 5.02 Å². The minimum atomic E-state index is -3.30. The first-order valence-corrected chi connectivity index (χ1v) is 12.6. The molecule has 0 amide bonds. The predicted octanol–water partition coefficient (Wildman–Crippen LogP) is 2.63. The number of fused-ring (bicyclic) bond motifs is 1. The zero-order valence-electron chi connectivity index (χ0n) is 17.3. The van der Waals surface area contributed by atoms with Crippen LogP contribution in [0.4, 0.5) is 17.5 Å². The summed E-state index contributed by atoms with van der Waals surface area (Å²) in [4.78, 5) is 8.82. The molecule has 11 heteroatoms. The Labute approximate surface area is 187 Å². The van der Waals surface area contributed by atoms with Crippen molar-refractivity contribution < 1.29 is 13.2 Å². The van der Waals surface area contributed by atoms with Crippen LogP contribution >= 0.6 is 11.6 Å². The Morgan fingerprint density at radius 3 is 2.84 bits per heavy atom. The Balaban J connectivity index is 1.50. The molecule has 0 bridgehead atoms. The van der Waals surface area contributed by atoms with Crippen molar-refractivity contribution in [2.75, 3.05) is 30.2 Å². The SMILES string of the molecule is CS(=O)(=O)N[C@@H]1CCCC[C@H]1Nc1nc(Nc2ccc3c(c2)CCNCO3)ncc1Cl. The zero-order valence-corrected chi connectivity index (χ0v) is 18.9. The fraction of sp³-hybridized carbons (Fsp3) is 0.500. The van der Waals surface area contributed by atoms with Crippen LogP contribution in [0, 0.1) is 0 Å². The summed E-state index contributed by atoms with van der Waals surface area (Å²) in [5.74, 6) is 1.76. The first-order chi connectivity index (χ1) is 14.9. The van der Waals surface area contributed by atoms with Gasteiger partial charge >= 0.3 is 0 Å². The molecule has 4 rings (SSSR count). The van der Waals surface area contributed by atoms with Gasteiger partial charge in [-0.25, -0.2) is 18.1 Å².